The molecule has 0 aliphatic carbocycles. The summed E-state index contributed by atoms with van der Waals surface area (Å²) in [7, 11) is 6.78. The minimum Gasteiger partial charge on any atom is -0.850 e. The molecule has 0 spiro atoms. The molecule has 258 valence electrons. The van der Waals surface area contributed by atoms with Gasteiger partial charge in [-0.1, -0.05) is 96.3 Å². The first-order valence-corrected chi connectivity index (χ1v) is 17.1. The molecule has 8 heteroatoms. The van der Waals surface area contributed by atoms with Crippen LogP contribution in [0, 0.1) is 0 Å². The molecule has 0 unspecified atom stereocenters. The van der Waals surface area contributed by atoms with Gasteiger partial charge in [0.1, 0.15) is 0 Å². The molecule has 1 aliphatic heterocycles. The van der Waals surface area contributed by atoms with Crippen LogP contribution in [0.25, 0.3) is 0 Å². The third-order valence-electron chi connectivity index (χ3n) is 6.21. The zero-order chi connectivity index (χ0) is 32.9. The van der Waals surface area contributed by atoms with Crippen molar-refractivity contribution < 1.29 is 80.2 Å². The quantitative estimate of drug-likeness (QED) is 0.0307. The Kier molecular flexibility index (Phi) is 51.6. The summed E-state index contributed by atoms with van der Waals surface area (Å²) in [5.74, 6) is 0.733. The van der Waals surface area contributed by atoms with E-state index in [1.165, 1.54) is 89.9 Å². The molecule has 0 radical (unpaired) electrons. The summed E-state index contributed by atoms with van der Waals surface area (Å²) in [6.07, 6.45) is 31.1. The molecular formula is C36H70ClKO6. The summed E-state index contributed by atoms with van der Waals surface area (Å²) in [5.41, 5.74) is -0.750. The molecule has 0 aromatic rings. The van der Waals surface area contributed by atoms with Crippen LogP contribution in [0.4, 0.5) is 0 Å². The molecule has 6 nitrogen and oxygen atoms in total. The van der Waals surface area contributed by atoms with Crippen molar-refractivity contribution in [3.63, 3.8) is 0 Å². The van der Waals surface area contributed by atoms with Crippen molar-refractivity contribution in [3.8, 4) is 0 Å². The Labute approximate surface area is 321 Å². The van der Waals surface area contributed by atoms with Crippen LogP contribution < -0.4 is 56.5 Å². The second kappa shape index (κ2) is 43.9. The molecule has 0 bridgehead atoms. The topological polar surface area (TPSA) is 69.2 Å². The molecule has 1 rings (SSSR count). The number of rotatable bonds is 23. The number of hydrogen-bond donors (Lipinski definition) is 0. The van der Waals surface area contributed by atoms with Gasteiger partial charge in [0, 0.05) is 47.5 Å². The summed E-state index contributed by atoms with van der Waals surface area (Å²) in [6.45, 7) is 10.5. The van der Waals surface area contributed by atoms with E-state index in [1.54, 1.807) is 49.2 Å². The second-order valence-electron chi connectivity index (χ2n) is 11.5. The van der Waals surface area contributed by atoms with Crippen molar-refractivity contribution in [2.24, 2.45) is 0 Å². The third kappa shape index (κ3) is 55.3. The van der Waals surface area contributed by atoms with Crippen LogP contribution in [0.3, 0.4) is 0 Å². The Morgan fingerprint density at radius 1 is 0.682 bits per heavy atom. The van der Waals surface area contributed by atoms with Gasteiger partial charge in [0.15, 0.2) is 12.6 Å². The zero-order valence-electron chi connectivity index (χ0n) is 30.2. The third-order valence-corrected chi connectivity index (χ3v) is 6.43. The van der Waals surface area contributed by atoms with Crippen molar-refractivity contribution in [1.29, 1.82) is 0 Å². The average Bonchev–Trinajstić information content (AvgIpc) is 3.57. The van der Waals surface area contributed by atoms with E-state index in [-0.39, 0.29) is 64.0 Å². The number of halogens is 1. The van der Waals surface area contributed by atoms with E-state index in [0.29, 0.717) is 0 Å². The molecule has 0 atom stereocenters. The predicted molar refractivity (Wildman–Crippen MR) is 184 cm³/mol. The summed E-state index contributed by atoms with van der Waals surface area (Å²) in [4.78, 5) is 0. The first kappa shape index (κ1) is 51.7. The SMILES string of the molecule is C1CCOC1.C=C/C=C\CCCCCCCC(OC)OC.CC(C)(C)[O-].COC(CCCCCCC/C=C\CCCl)OC.[K+]. The standard InChI is InChI=1S/C14H27ClO2.C14H26O2.C4H8O.C4H9O.K/c1-16-14(17-2)12-10-8-6-4-3-5-7-9-11-13-15;1-4-5-6-7-8-9-10-11-12-13-14(15-2)16-3;1-2-4-5-3-1;1-4(2,3)5;/h7,9,14H,3-6,8,10-13H2,1-2H3;4-6,14H,1,7-13H2,2-3H3;1-4H2;1-3H3;/q;;;-1;+1/b9-7-;6-5-;;;. The van der Waals surface area contributed by atoms with Gasteiger partial charge in [-0.25, -0.2) is 0 Å². The number of ether oxygens (including phenoxy) is 5. The fourth-order valence-electron chi connectivity index (χ4n) is 3.87. The normalized spacial score (nSPS) is 12.8. The predicted octanol–water partition coefficient (Wildman–Crippen LogP) is 6.55. The van der Waals surface area contributed by atoms with Crippen LogP contribution in [-0.2, 0) is 23.7 Å². The Balaban J connectivity index is -0.000000272. The van der Waals surface area contributed by atoms with Crippen LogP contribution in [0.5, 0.6) is 0 Å². The monoisotopic (exact) mass is 672 g/mol. The molecule has 0 aromatic carbocycles. The van der Waals surface area contributed by atoms with Gasteiger partial charge >= 0.3 is 51.4 Å². The Morgan fingerprint density at radius 3 is 1.39 bits per heavy atom. The summed E-state index contributed by atoms with van der Waals surface area (Å²) in [6, 6.07) is 0. The van der Waals surface area contributed by atoms with Crippen LogP contribution >= 0.6 is 11.6 Å². The van der Waals surface area contributed by atoms with Gasteiger partial charge in [-0.3, -0.25) is 0 Å². The molecule has 44 heavy (non-hydrogen) atoms. The molecule has 0 saturated carbocycles. The summed E-state index contributed by atoms with van der Waals surface area (Å²) >= 11 is 5.58. The van der Waals surface area contributed by atoms with E-state index in [2.05, 4.69) is 24.8 Å². The van der Waals surface area contributed by atoms with E-state index >= 15 is 0 Å². The van der Waals surface area contributed by atoms with Gasteiger partial charge in [-0.2, -0.15) is 0 Å². The molecule has 1 saturated heterocycles. The minimum absolute atomic E-state index is 0. The maximum atomic E-state index is 10.1. The average molecular weight is 674 g/mol. The van der Waals surface area contributed by atoms with Gasteiger partial charge in [0.25, 0.3) is 0 Å². The Bertz CT molecular complexity index is 558. The maximum Gasteiger partial charge on any atom is 1.00 e. The maximum absolute atomic E-state index is 10.1. The van der Waals surface area contributed by atoms with Gasteiger partial charge in [0.05, 0.1) is 0 Å². The number of unbranched alkanes of at least 4 members (excludes halogenated alkanes) is 10. The summed E-state index contributed by atoms with van der Waals surface area (Å²) in [5, 5.41) is 10.1. The number of methoxy groups -OCH3 is 4. The molecule has 1 heterocycles. The van der Waals surface area contributed by atoms with Crippen LogP contribution in [0.15, 0.2) is 37.0 Å². The van der Waals surface area contributed by atoms with Crippen molar-refractivity contribution in [2.75, 3.05) is 47.5 Å². The molecule has 1 aliphatic rings. The van der Waals surface area contributed by atoms with Crippen molar-refractivity contribution in [2.45, 2.75) is 148 Å². The molecule has 0 amide bonds. The van der Waals surface area contributed by atoms with Crippen LogP contribution in [-0.4, -0.2) is 65.7 Å². The number of alkyl halides is 1. The fraction of sp³-hybridized carbons (Fsp3) is 0.833. The minimum atomic E-state index is -0.750. The van der Waals surface area contributed by atoms with Gasteiger partial charge in [0.2, 0.25) is 0 Å². The van der Waals surface area contributed by atoms with Crippen LogP contribution in [0.2, 0.25) is 0 Å². The van der Waals surface area contributed by atoms with Gasteiger partial charge in [-0.05, 0) is 70.6 Å². The van der Waals surface area contributed by atoms with Gasteiger partial charge < -0.3 is 28.8 Å². The van der Waals surface area contributed by atoms with Crippen molar-refractivity contribution in [3.05, 3.63) is 37.0 Å². The fourth-order valence-corrected chi connectivity index (χ4v) is 4.00. The first-order chi connectivity index (χ1) is 20.7. The second-order valence-corrected chi connectivity index (χ2v) is 11.9. The molecule has 0 N–H and O–H groups in total. The zero-order valence-corrected chi connectivity index (χ0v) is 34.1. The smallest absolute Gasteiger partial charge is 0.850 e. The molecule has 0 aromatic heterocycles. The Morgan fingerprint density at radius 2 is 1.05 bits per heavy atom. The van der Waals surface area contributed by atoms with Crippen molar-refractivity contribution >= 4 is 11.6 Å². The van der Waals surface area contributed by atoms with Crippen molar-refractivity contribution in [1.82, 2.24) is 0 Å². The number of hydrogen-bond acceptors (Lipinski definition) is 6. The Hall–Kier alpha value is 0.906. The van der Waals surface area contributed by atoms with E-state index in [0.717, 1.165) is 38.4 Å². The van der Waals surface area contributed by atoms with E-state index < -0.39 is 5.60 Å². The summed E-state index contributed by atoms with van der Waals surface area (Å²) < 4.78 is 25.5. The molecule has 1 fully saturated rings. The molecular weight excluding hydrogens is 603 g/mol. The largest absolute Gasteiger partial charge is 1.00 e. The van der Waals surface area contributed by atoms with E-state index in [9.17, 15) is 5.11 Å². The van der Waals surface area contributed by atoms with Crippen LogP contribution in [0.1, 0.15) is 130 Å². The number of allylic oxidation sites excluding steroid dienone is 5. The van der Waals surface area contributed by atoms with Gasteiger partial charge in [-0.15, -0.1) is 17.2 Å². The van der Waals surface area contributed by atoms with E-state index in [4.69, 9.17) is 35.3 Å². The van der Waals surface area contributed by atoms with E-state index in [1.807, 2.05) is 12.2 Å². The first-order valence-electron chi connectivity index (χ1n) is 16.6.